The van der Waals surface area contributed by atoms with Crippen LogP contribution in [-0.4, -0.2) is 58.6 Å². The summed E-state index contributed by atoms with van der Waals surface area (Å²) in [5, 5.41) is 12.3. The fourth-order valence-electron chi connectivity index (χ4n) is 2.42. The van der Waals surface area contributed by atoms with Gasteiger partial charge in [0.25, 0.3) is 0 Å². The van der Waals surface area contributed by atoms with Crippen molar-refractivity contribution in [2.45, 2.75) is 25.4 Å². The van der Waals surface area contributed by atoms with E-state index in [4.69, 9.17) is 5.11 Å². The van der Waals surface area contributed by atoms with Gasteiger partial charge < -0.3 is 15.3 Å². The summed E-state index contributed by atoms with van der Waals surface area (Å²) in [7, 11) is 0. The SMILES string of the molecule is CC1CCNC1C(=O)N1CCSCC1C(=O)O. The fourth-order valence-corrected chi connectivity index (χ4v) is 3.45. The number of nitrogens with zero attached hydrogens (tertiary/aromatic N) is 1. The third kappa shape index (κ3) is 2.57. The van der Waals surface area contributed by atoms with E-state index in [9.17, 15) is 9.59 Å². The van der Waals surface area contributed by atoms with Gasteiger partial charge in [-0.25, -0.2) is 4.79 Å². The number of carboxylic acids is 1. The largest absolute Gasteiger partial charge is 0.480 e. The zero-order chi connectivity index (χ0) is 12.4. The lowest BCUT2D eigenvalue weighted by molar-refractivity contribution is -0.150. The first kappa shape index (κ1) is 12.7. The molecule has 2 aliphatic heterocycles. The summed E-state index contributed by atoms with van der Waals surface area (Å²) in [5.41, 5.74) is 0. The maximum atomic E-state index is 12.3. The van der Waals surface area contributed by atoms with Crippen LogP contribution in [0, 0.1) is 5.92 Å². The number of carboxylic acid groups (broad SMARTS) is 1. The second kappa shape index (κ2) is 5.27. The Labute approximate surface area is 105 Å². The Bertz CT molecular complexity index is 324. The molecule has 96 valence electrons. The van der Waals surface area contributed by atoms with Gasteiger partial charge in [0.15, 0.2) is 0 Å². The molecular formula is C11H18N2O3S. The standard InChI is InChI=1S/C11H18N2O3S/c1-7-2-3-12-9(7)10(14)13-4-5-17-6-8(13)11(15)16/h7-9,12H,2-6H2,1H3,(H,15,16). The molecule has 3 unspecified atom stereocenters. The summed E-state index contributed by atoms with van der Waals surface area (Å²) in [6.07, 6.45) is 0.983. The second-order valence-corrected chi connectivity index (χ2v) is 5.81. The van der Waals surface area contributed by atoms with E-state index in [0.717, 1.165) is 18.7 Å². The molecule has 2 N–H and O–H groups in total. The first-order chi connectivity index (χ1) is 8.11. The van der Waals surface area contributed by atoms with Crippen molar-refractivity contribution in [2.75, 3.05) is 24.6 Å². The van der Waals surface area contributed by atoms with Crippen molar-refractivity contribution < 1.29 is 14.7 Å². The van der Waals surface area contributed by atoms with E-state index < -0.39 is 12.0 Å². The predicted molar refractivity (Wildman–Crippen MR) is 66.0 cm³/mol. The van der Waals surface area contributed by atoms with Gasteiger partial charge in [-0.1, -0.05) is 6.92 Å². The van der Waals surface area contributed by atoms with Gasteiger partial charge in [0.1, 0.15) is 6.04 Å². The molecule has 0 aromatic rings. The van der Waals surface area contributed by atoms with Gasteiger partial charge in [0.2, 0.25) is 5.91 Å². The van der Waals surface area contributed by atoms with Gasteiger partial charge in [0, 0.05) is 18.1 Å². The highest BCUT2D eigenvalue weighted by Gasteiger charge is 2.38. The average Bonchev–Trinajstić information content (AvgIpc) is 2.74. The van der Waals surface area contributed by atoms with Gasteiger partial charge in [0.05, 0.1) is 6.04 Å². The molecule has 2 rings (SSSR count). The molecule has 0 aromatic carbocycles. The molecule has 17 heavy (non-hydrogen) atoms. The lowest BCUT2D eigenvalue weighted by Crippen LogP contribution is -2.56. The Morgan fingerprint density at radius 2 is 2.24 bits per heavy atom. The maximum Gasteiger partial charge on any atom is 0.327 e. The van der Waals surface area contributed by atoms with Crippen LogP contribution in [0.2, 0.25) is 0 Å². The molecule has 2 fully saturated rings. The van der Waals surface area contributed by atoms with E-state index in [2.05, 4.69) is 5.32 Å². The minimum absolute atomic E-state index is 0.0392. The van der Waals surface area contributed by atoms with Crippen LogP contribution in [0.4, 0.5) is 0 Å². The number of nitrogens with one attached hydrogen (secondary N) is 1. The van der Waals surface area contributed by atoms with E-state index in [1.54, 1.807) is 16.7 Å². The van der Waals surface area contributed by atoms with Crippen molar-refractivity contribution in [3.63, 3.8) is 0 Å². The number of hydrogen-bond donors (Lipinski definition) is 2. The summed E-state index contributed by atoms with van der Waals surface area (Å²) in [5.74, 6) is 0.698. The Hall–Kier alpha value is -0.750. The lowest BCUT2D eigenvalue weighted by Gasteiger charge is -2.35. The van der Waals surface area contributed by atoms with Crippen molar-refractivity contribution >= 4 is 23.6 Å². The Morgan fingerprint density at radius 1 is 1.47 bits per heavy atom. The molecule has 3 atom stereocenters. The van der Waals surface area contributed by atoms with Gasteiger partial charge in [-0.05, 0) is 18.9 Å². The van der Waals surface area contributed by atoms with Gasteiger partial charge in [-0.15, -0.1) is 0 Å². The van der Waals surface area contributed by atoms with Crippen LogP contribution in [0.5, 0.6) is 0 Å². The average molecular weight is 258 g/mol. The first-order valence-electron chi connectivity index (χ1n) is 5.95. The Morgan fingerprint density at radius 3 is 2.82 bits per heavy atom. The van der Waals surface area contributed by atoms with Gasteiger partial charge >= 0.3 is 5.97 Å². The van der Waals surface area contributed by atoms with Crippen molar-refractivity contribution in [3.05, 3.63) is 0 Å². The number of aliphatic carboxylic acids is 1. The molecule has 2 aliphatic rings. The van der Waals surface area contributed by atoms with Crippen LogP contribution in [-0.2, 0) is 9.59 Å². The van der Waals surface area contributed by atoms with Crippen LogP contribution < -0.4 is 5.32 Å². The molecule has 0 spiro atoms. The topological polar surface area (TPSA) is 69.6 Å². The quantitative estimate of drug-likeness (QED) is 0.730. The molecule has 0 aromatic heterocycles. The molecule has 5 nitrogen and oxygen atoms in total. The molecule has 6 heteroatoms. The smallest absolute Gasteiger partial charge is 0.327 e. The van der Waals surface area contributed by atoms with E-state index >= 15 is 0 Å². The molecular weight excluding hydrogens is 240 g/mol. The predicted octanol–water partition coefficient (Wildman–Crippen LogP) is 0.0130. The maximum absolute atomic E-state index is 12.3. The second-order valence-electron chi connectivity index (χ2n) is 4.66. The molecule has 0 radical (unpaired) electrons. The van der Waals surface area contributed by atoms with Crippen molar-refractivity contribution in [3.8, 4) is 0 Å². The molecule has 0 aliphatic carbocycles. The molecule has 0 saturated carbocycles. The summed E-state index contributed by atoms with van der Waals surface area (Å²) in [6, 6.07) is -0.851. The lowest BCUT2D eigenvalue weighted by atomic mass is 10.0. The minimum atomic E-state index is -0.892. The summed E-state index contributed by atoms with van der Waals surface area (Å²) < 4.78 is 0. The highest BCUT2D eigenvalue weighted by atomic mass is 32.2. The van der Waals surface area contributed by atoms with Crippen LogP contribution in [0.25, 0.3) is 0 Å². The normalized spacial score (nSPS) is 33.7. The van der Waals surface area contributed by atoms with Crippen molar-refractivity contribution in [1.82, 2.24) is 10.2 Å². The summed E-state index contributed by atoms with van der Waals surface area (Å²) in [6.45, 7) is 3.43. The zero-order valence-corrected chi connectivity index (χ0v) is 10.7. The Balaban J connectivity index is 2.08. The number of carbonyl (C=O) groups excluding carboxylic acids is 1. The van der Waals surface area contributed by atoms with E-state index in [-0.39, 0.29) is 11.9 Å². The molecule has 0 bridgehead atoms. The number of rotatable bonds is 2. The van der Waals surface area contributed by atoms with Gasteiger partial charge in [-0.2, -0.15) is 11.8 Å². The van der Waals surface area contributed by atoms with Crippen LogP contribution in [0.1, 0.15) is 13.3 Å². The molecule has 1 amide bonds. The Kier molecular flexibility index (Phi) is 3.93. The van der Waals surface area contributed by atoms with Crippen molar-refractivity contribution in [2.24, 2.45) is 5.92 Å². The molecule has 2 saturated heterocycles. The van der Waals surface area contributed by atoms with E-state index in [1.807, 2.05) is 6.92 Å². The minimum Gasteiger partial charge on any atom is -0.480 e. The number of amides is 1. The van der Waals surface area contributed by atoms with Crippen molar-refractivity contribution in [1.29, 1.82) is 0 Å². The zero-order valence-electron chi connectivity index (χ0n) is 9.89. The number of thioether (sulfide) groups is 1. The summed E-state index contributed by atoms with van der Waals surface area (Å²) >= 11 is 1.60. The van der Waals surface area contributed by atoms with Crippen LogP contribution in [0.3, 0.4) is 0 Å². The number of carbonyl (C=O) groups is 2. The third-order valence-corrected chi connectivity index (χ3v) is 4.52. The molecule has 2 heterocycles. The fraction of sp³-hybridized carbons (Fsp3) is 0.818. The number of hydrogen-bond acceptors (Lipinski definition) is 4. The van der Waals surface area contributed by atoms with E-state index in [0.29, 0.717) is 18.2 Å². The van der Waals surface area contributed by atoms with Crippen LogP contribution in [0.15, 0.2) is 0 Å². The summed E-state index contributed by atoms with van der Waals surface area (Å²) in [4.78, 5) is 25.0. The highest BCUT2D eigenvalue weighted by Crippen LogP contribution is 2.22. The first-order valence-corrected chi connectivity index (χ1v) is 7.11. The monoisotopic (exact) mass is 258 g/mol. The van der Waals surface area contributed by atoms with E-state index in [1.165, 1.54) is 0 Å². The van der Waals surface area contributed by atoms with Gasteiger partial charge in [-0.3, -0.25) is 4.79 Å². The van der Waals surface area contributed by atoms with Crippen LogP contribution >= 0.6 is 11.8 Å². The third-order valence-electron chi connectivity index (χ3n) is 3.50. The highest BCUT2D eigenvalue weighted by molar-refractivity contribution is 7.99.